The average molecular weight is 501 g/mol. The highest BCUT2D eigenvalue weighted by Crippen LogP contribution is 2.33. The van der Waals surface area contributed by atoms with Crippen molar-refractivity contribution in [3.63, 3.8) is 0 Å². The number of hydrogen-bond donors (Lipinski definition) is 4. The fraction of sp³-hybridized carbons (Fsp3) is 0.455. The number of ether oxygens (including phenoxy) is 1. The number of hydrogen-bond acceptors (Lipinski definition) is 7. The number of nitrogens with one attached hydrogen (secondary N) is 2. The lowest BCUT2D eigenvalue weighted by atomic mass is 10.0. The van der Waals surface area contributed by atoms with Crippen LogP contribution in [-0.2, 0) is 10.0 Å². The summed E-state index contributed by atoms with van der Waals surface area (Å²) in [5.74, 6) is 0.0657. The molecule has 0 saturated carbocycles. The zero-order valence-electron chi connectivity index (χ0n) is 18.8. The van der Waals surface area contributed by atoms with Gasteiger partial charge in [0.2, 0.25) is 10.0 Å². The van der Waals surface area contributed by atoms with Gasteiger partial charge in [0.25, 0.3) is 5.69 Å². The van der Waals surface area contributed by atoms with Crippen LogP contribution in [0.15, 0.2) is 41.3 Å². The summed E-state index contributed by atoms with van der Waals surface area (Å²) in [4.78, 5) is 13.3. The molecule has 0 amide bonds. The van der Waals surface area contributed by atoms with Crippen LogP contribution in [0.4, 0.5) is 5.69 Å². The van der Waals surface area contributed by atoms with E-state index in [4.69, 9.17) is 21.4 Å². The maximum atomic E-state index is 13.0. The fourth-order valence-electron chi connectivity index (χ4n) is 3.66. The standard InChI is InChI=1S/C21H26ClN3O5S.CH4O/c1-15-5-2-3-9-25(15)10-4-8-23-31(28,29)21-13-17(24-27)6-7-20(21)30-19-12-16(22)11-18(26)14-19;1-2/h6-7,11-15,23,26H,2-5,8-10H2,1H3;2H,1H3/p+1. The summed E-state index contributed by atoms with van der Waals surface area (Å²) in [5.41, 5.74) is 0.0869. The topological polar surface area (TPSA) is 130 Å². The molecule has 1 atom stereocenters. The predicted molar refractivity (Wildman–Crippen MR) is 126 cm³/mol. The molecule has 3 rings (SSSR count). The van der Waals surface area contributed by atoms with E-state index in [9.17, 15) is 18.4 Å². The van der Waals surface area contributed by atoms with Crippen molar-refractivity contribution in [3.05, 3.63) is 46.3 Å². The van der Waals surface area contributed by atoms with Crippen molar-refractivity contribution in [1.82, 2.24) is 9.62 Å². The molecular weight excluding hydrogens is 470 g/mol. The second-order valence-corrected chi connectivity index (χ2v) is 9.81. The number of nitroso groups, excluding NO2 is 1. The summed E-state index contributed by atoms with van der Waals surface area (Å²) in [5, 5.41) is 18.6. The number of phenolic OH excluding ortho intramolecular Hbond substituents is 1. The third kappa shape index (κ3) is 7.94. The lowest BCUT2D eigenvalue weighted by molar-refractivity contribution is -0.379. The molecule has 2 aromatic rings. The van der Waals surface area contributed by atoms with E-state index >= 15 is 0 Å². The second-order valence-electron chi connectivity index (χ2n) is 7.64. The lowest BCUT2D eigenvalue weighted by Crippen LogP contribution is -2.55. The van der Waals surface area contributed by atoms with E-state index in [1.165, 1.54) is 55.7 Å². The van der Waals surface area contributed by atoms with E-state index in [2.05, 4.69) is 16.5 Å². The number of phenols is 1. The number of aliphatic hydroxyl groups excluding tert-OH is 1. The molecule has 1 saturated heterocycles. The molecular formula is C22H31ClN3O6S+. The van der Waals surface area contributed by atoms with E-state index in [0.717, 1.165) is 20.2 Å². The Labute approximate surface area is 199 Å². The summed E-state index contributed by atoms with van der Waals surface area (Å²) >= 11 is 5.93. The van der Waals surface area contributed by atoms with E-state index < -0.39 is 10.0 Å². The van der Waals surface area contributed by atoms with Crippen molar-refractivity contribution in [1.29, 1.82) is 0 Å². The summed E-state index contributed by atoms with van der Waals surface area (Å²) in [6.45, 7) is 4.31. The Kier molecular flexibility index (Phi) is 10.5. The average Bonchev–Trinajstić information content (AvgIpc) is 2.78. The summed E-state index contributed by atoms with van der Waals surface area (Å²) in [6.07, 6.45) is 4.24. The van der Waals surface area contributed by atoms with Crippen molar-refractivity contribution in [2.24, 2.45) is 0 Å². The molecule has 4 N–H and O–H groups in total. The molecule has 33 heavy (non-hydrogen) atoms. The Morgan fingerprint density at radius 1 is 1.21 bits per heavy atom. The molecule has 1 unspecified atom stereocenters. The Hall–Kier alpha value is -2.24. The number of aromatic hydroxyl groups is 1. The first-order valence-corrected chi connectivity index (χ1v) is 12.5. The van der Waals surface area contributed by atoms with Crippen LogP contribution in [0.5, 0.6) is 17.2 Å². The Morgan fingerprint density at radius 3 is 2.64 bits per heavy atom. The minimum absolute atomic E-state index is 0.0119. The Bertz CT molecular complexity index is 1010. The molecule has 0 aromatic heterocycles. The number of benzene rings is 2. The number of likely N-dealkylation sites (tertiary alicyclic amines) is 1. The first kappa shape index (κ1) is 27.0. The molecule has 0 spiro atoms. The minimum Gasteiger partial charge on any atom is -0.508 e. The SMILES string of the molecule is CC1CCCCN1CCCNS(=O)(=O)c1cc([NH+]=O)ccc1Oc1cc(O)cc(Cl)c1.CO. The summed E-state index contributed by atoms with van der Waals surface area (Å²) in [6, 6.07) is 8.61. The molecule has 1 heterocycles. The van der Waals surface area contributed by atoms with Crippen LogP contribution in [0.2, 0.25) is 5.02 Å². The highest BCUT2D eigenvalue weighted by molar-refractivity contribution is 7.89. The smallest absolute Gasteiger partial charge is 0.254 e. The molecule has 182 valence electrons. The van der Waals surface area contributed by atoms with Gasteiger partial charge in [-0.15, -0.1) is 0 Å². The zero-order chi connectivity index (χ0) is 24.4. The van der Waals surface area contributed by atoms with Crippen molar-refractivity contribution >= 4 is 27.3 Å². The molecule has 0 bridgehead atoms. The summed E-state index contributed by atoms with van der Waals surface area (Å²) < 4.78 is 34.2. The summed E-state index contributed by atoms with van der Waals surface area (Å²) in [7, 11) is -2.95. The van der Waals surface area contributed by atoms with Gasteiger partial charge in [0.05, 0.1) is 0 Å². The normalized spacial score (nSPS) is 16.5. The van der Waals surface area contributed by atoms with Gasteiger partial charge in [0.1, 0.15) is 22.1 Å². The number of piperidine rings is 1. The first-order chi connectivity index (χ1) is 15.8. The van der Waals surface area contributed by atoms with Crippen LogP contribution in [0.25, 0.3) is 0 Å². The monoisotopic (exact) mass is 500 g/mol. The molecule has 0 radical (unpaired) electrons. The van der Waals surface area contributed by atoms with Crippen molar-refractivity contribution < 1.29 is 28.5 Å². The van der Waals surface area contributed by atoms with Gasteiger partial charge in [-0.25, -0.2) is 13.1 Å². The second kappa shape index (κ2) is 12.9. The number of sulfonamides is 1. The maximum absolute atomic E-state index is 13.0. The molecule has 2 aromatic carbocycles. The highest BCUT2D eigenvalue weighted by Gasteiger charge is 2.23. The van der Waals surface area contributed by atoms with Crippen LogP contribution in [0, 0.1) is 4.91 Å². The van der Waals surface area contributed by atoms with E-state index in [0.29, 0.717) is 12.5 Å². The van der Waals surface area contributed by atoms with Gasteiger partial charge in [0.15, 0.2) is 0 Å². The van der Waals surface area contributed by atoms with Crippen molar-refractivity contribution in [2.45, 2.75) is 43.5 Å². The van der Waals surface area contributed by atoms with E-state index in [1.54, 1.807) is 5.18 Å². The van der Waals surface area contributed by atoms with Gasteiger partial charge in [-0.05, 0) is 57.5 Å². The minimum atomic E-state index is -3.95. The lowest BCUT2D eigenvalue weighted by Gasteiger charge is -2.33. The maximum Gasteiger partial charge on any atom is 0.254 e. The van der Waals surface area contributed by atoms with Gasteiger partial charge in [-0.2, -0.15) is 0 Å². The van der Waals surface area contributed by atoms with E-state index in [-0.39, 0.29) is 39.4 Å². The van der Waals surface area contributed by atoms with Crippen LogP contribution in [-0.4, -0.2) is 56.3 Å². The van der Waals surface area contributed by atoms with Crippen LogP contribution in [0.3, 0.4) is 0 Å². The molecule has 9 nitrogen and oxygen atoms in total. The fourth-order valence-corrected chi connectivity index (χ4v) is 5.10. The van der Waals surface area contributed by atoms with Gasteiger partial charge >= 0.3 is 0 Å². The van der Waals surface area contributed by atoms with Gasteiger partial charge in [0, 0.05) is 53.0 Å². The largest absolute Gasteiger partial charge is 0.508 e. The number of nitrogens with zero attached hydrogens (tertiary/aromatic N) is 1. The number of halogens is 1. The van der Waals surface area contributed by atoms with Crippen LogP contribution >= 0.6 is 11.6 Å². The Morgan fingerprint density at radius 2 is 1.97 bits per heavy atom. The number of rotatable bonds is 9. The zero-order valence-corrected chi connectivity index (χ0v) is 20.3. The third-order valence-electron chi connectivity index (χ3n) is 5.29. The van der Waals surface area contributed by atoms with Crippen molar-refractivity contribution in [2.75, 3.05) is 26.7 Å². The van der Waals surface area contributed by atoms with Crippen LogP contribution in [0.1, 0.15) is 32.6 Å². The molecule has 1 aliphatic rings. The predicted octanol–water partition coefficient (Wildman–Crippen LogP) is 2.47. The van der Waals surface area contributed by atoms with E-state index in [1.807, 2.05) is 0 Å². The van der Waals surface area contributed by atoms with Gasteiger partial charge in [-0.1, -0.05) is 18.0 Å². The Balaban J connectivity index is 0.00000187. The molecule has 1 fully saturated rings. The third-order valence-corrected chi connectivity index (χ3v) is 6.99. The van der Waals surface area contributed by atoms with Gasteiger partial charge in [-0.3, -0.25) is 0 Å². The molecule has 1 aliphatic heterocycles. The highest BCUT2D eigenvalue weighted by atomic mass is 35.5. The first-order valence-electron chi connectivity index (χ1n) is 10.7. The van der Waals surface area contributed by atoms with Crippen molar-refractivity contribution in [3.8, 4) is 17.2 Å². The number of aliphatic hydroxyl groups is 1. The quantitative estimate of drug-likeness (QED) is 0.389. The molecule has 0 aliphatic carbocycles. The van der Waals surface area contributed by atoms with Gasteiger partial charge < -0.3 is 19.8 Å². The molecule has 11 heteroatoms. The van der Waals surface area contributed by atoms with Crippen LogP contribution < -0.4 is 14.6 Å².